The van der Waals surface area contributed by atoms with E-state index in [1.807, 2.05) is 12.3 Å². The van der Waals surface area contributed by atoms with Crippen molar-refractivity contribution in [3.05, 3.63) is 30.1 Å². The van der Waals surface area contributed by atoms with E-state index in [1.54, 1.807) is 10.5 Å². The standard InChI is InChI=1S/C20H28N4O3S/c1-20(13-27-14-20)12-23-10-16(11-23)28(25,26)24-7-4-15(5-8-24)18-9-22-19-17(18)3-2-6-21-19/h2-3,6,9,15-16H,4-5,7-8,10-14H2,1H3,(H,21,22). The molecule has 152 valence electrons. The zero-order valence-electron chi connectivity index (χ0n) is 16.3. The third kappa shape index (κ3) is 3.16. The van der Waals surface area contributed by atoms with Gasteiger partial charge >= 0.3 is 0 Å². The molecule has 0 spiro atoms. The Balaban J connectivity index is 1.18. The van der Waals surface area contributed by atoms with Gasteiger partial charge in [-0.3, -0.25) is 4.90 Å². The number of fused-ring (bicyclic) bond motifs is 1. The predicted molar refractivity (Wildman–Crippen MR) is 108 cm³/mol. The molecule has 3 aliphatic rings. The Labute approximate surface area is 166 Å². The minimum Gasteiger partial charge on any atom is -0.380 e. The lowest BCUT2D eigenvalue weighted by Gasteiger charge is -2.48. The third-order valence-corrected chi connectivity index (χ3v) is 8.81. The zero-order valence-corrected chi connectivity index (χ0v) is 17.1. The molecule has 3 fully saturated rings. The molecule has 0 saturated carbocycles. The molecule has 0 bridgehead atoms. The van der Waals surface area contributed by atoms with Crippen LogP contribution < -0.4 is 0 Å². The molecule has 3 saturated heterocycles. The number of nitrogens with zero attached hydrogens (tertiary/aromatic N) is 3. The van der Waals surface area contributed by atoms with Crippen LogP contribution in [0.5, 0.6) is 0 Å². The fourth-order valence-electron chi connectivity index (χ4n) is 4.87. The Morgan fingerprint density at radius 3 is 2.71 bits per heavy atom. The van der Waals surface area contributed by atoms with Crippen molar-refractivity contribution in [2.24, 2.45) is 5.41 Å². The van der Waals surface area contributed by atoms with E-state index in [2.05, 4.69) is 27.9 Å². The highest BCUT2D eigenvalue weighted by Crippen LogP contribution is 2.35. The first-order chi connectivity index (χ1) is 13.4. The van der Waals surface area contributed by atoms with Gasteiger partial charge in [0.25, 0.3) is 0 Å². The highest BCUT2D eigenvalue weighted by Gasteiger charge is 2.45. The summed E-state index contributed by atoms with van der Waals surface area (Å²) in [7, 11) is -3.20. The van der Waals surface area contributed by atoms with E-state index in [9.17, 15) is 8.42 Å². The summed E-state index contributed by atoms with van der Waals surface area (Å²) >= 11 is 0. The lowest BCUT2D eigenvalue weighted by Crippen LogP contribution is -2.62. The molecular weight excluding hydrogens is 376 g/mol. The minimum atomic E-state index is -3.20. The van der Waals surface area contributed by atoms with Crippen LogP contribution in [0.25, 0.3) is 11.0 Å². The summed E-state index contributed by atoms with van der Waals surface area (Å²) in [5.41, 5.74) is 2.39. The number of nitrogens with one attached hydrogen (secondary N) is 1. The van der Waals surface area contributed by atoms with Crippen molar-refractivity contribution in [1.82, 2.24) is 19.2 Å². The van der Waals surface area contributed by atoms with Gasteiger partial charge in [0.1, 0.15) is 10.9 Å². The second-order valence-corrected chi connectivity index (χ2v) is 11.2. The van der Waals surface area contributed by atoms with Crippen LogP contribution in [0.2, 0.25) is 0 Å². The van der Waals surface area contributed by atoms with Crippen LogP contribution in [0.4, 0.5) is 0 Å². The normalized spacial score (nSPS) is 24.9. The van der Waals surface area contributed by atoms with Crippen LogP contribution in [0.3, 0.4) is 0 Å². The molecular formula is C20H28N4O3S. The molecule has 0 aromatic carbocycles. The highest BCUT2D eigenvalue weighted by atomic mass is 32.2. The van der Waals surface area contributed by atoms with Gasteiger partial charge < -0.3 is 9.72 Å². The molecule has 2 aromatic heterocycles. The van der Waals surface area contributed by atoms with Crippen LogP contribution in [0.1, 0.15) is 31.2 Å². The first-order valence-corrected chi connectivity index (χ1v) is 11.7. The number of piperidine rings is 1. The number of pyridine rings is 1. The van der Waals surface area contributed by atoms with E-state index in [0.29, 0.717) is 32.1 Å². The molecule has 0 atom stereocenters. The van der Waals surface area contributed by atoms with E-state index in [0.717, 1.165) is 43.6 Å². The van der Waals surface area contributed by atoms with Crippen molar-refractivity contribution in [1.29, 1.82) is 0 Å². The number of ether oxygens (including phenoxy) is 1. The maximum atomic E-state index is 13.0. The quantitative estimate of drug-likeness (QED) is 0.822. The van der Waals surface area contributed by atoms with Gasteiger partial charge in [-0.1, -0.05) is 6.92 Å². The van der Waals surface area contributed by atoms with E-state index in [1.165, 1.54) is 5.56 Å². The number of sulfonamides is 1. The van der Waals surface area contributed by atoms with Crippen molar-refractivity contribution in [3.63, 3.8) is 0 Å². The average Bonchev–Trinajstić information content (AvgIpc) is 3.07. The van der Waals surface area contributed by atoms with Gasteiger partial charge in [-0.2, -0.15) is 0 Å². The Hall–Kier alpha value is -1.48. The topological polar surface area (TPSA) is 78.5 Å². The maximum Gasteiger partial charge on any atom is 0.219 e. The summed E-state index contributed by atoms with van der Waals surface area (Å²) in [5.74, 6) is 0.390. The van der Waals surface area contributed by atoms with Crippen molar-refractivity contribution < 1.29 is 13.2 Å². The smallest absolute Gasteiger partial charge is 0.219 e. The molecule has 5 rings (SSSR count). The maximum absolute atomic E-state index is 13.0. The summed E-state index contributed by atoms with van der Waals surface area (Å²) in [6.07, 6.45) is 5.57. The van der Waals surface area contributed by atoms with Crippen LogP contribution in [-0.2, 0) is 14.8 Å². The molecule has 0 amide bonds. The largest absolute Gasteiger partial charge is 0.380 e. The summed E-state index contributed by atoms with van der Waals surface area (Å²) in [6.45, 7) is 7.27. The number of H-pyrrole nitrogens is 1. The molecule has 0 radical (unpaired) electrons. The first-order valence-electron chi connectivity index (χ1n) is 10.2. The SMILES string of the molecule is CC1(CN2CC(S(=O)(=O)N3CCC(c4c[nH]c5ncccc45)CC3)C2)COC1. The molecule has 2 aromatic rings. The number of hydrogen-bond acceptors (Lipinski definition) is 5. The first kappa shape index (κ1) is 18.5. The lowest BCUT2D eigenvalue weighted by molar-refractivity contribution is -0.120. The Morgan fingerprint density at radius 2 is 2.04 bits per heavy atom. The van der Waals surface area contributed by atoms with Crippen molar-refractivity contribution in [2.75, 3.05) is 45.9 Å². The summed E-state index contributed by atoms with van der Waals surface area (Å²) in [6, 6.07) is 4.05. The third-order valence-electron chi connectivity index (χ3n) is 6.59. The van der Waals surface area contributed by atoms with Gasteiger partial charge in [0, 0.05) is 55.9 Å². The minimum absolute atomic E-state index is 0.210. The van der Waals surface area contributed by atoms with Crippen LogP contribution in [0.15, 0.2) is 24.5 Å². The van der Waals surface area contributed by atoms with Gasteiger partial charge in [0.15, 0.2) is 0 Å². The van der Waals surface area contributed by atoms with E-state index in [-0.39, 0.29) is 10.7 Å². The van der Waals surface area contributed by atoms with Crippen molar-refractivity contribution in [2.45, 2.75) is 30.9 Å². The average molecular weight is 405 g/mol. The molecule has 0 unspecified atom stereocenters. The summed E-state index contributed by atoms with van der Waals surface area (Å²) in [5, 5.41) is 0.915. The van der Waals surface area contributed by atoms with Crippen LogP contribution in [0, 0.1) is 5.41 Å². The molecule has 8 heteroatoms. The van der Waals surface area contributed by atoms with Crippen LogP contribution in [-0.4, -0.2) is 78.8 Å². The Morgan fingerprint density at radius 1 is 1.29 bits per heavy atom. The summed E-state index contributed by atoms with van der Waals surface area (Å²) in [4.78, 5) is 9.86. The molecule has 7 nitrogen and oxygen atoms in total. The Bertz CT molecular complexity index is 955. The highest BCUT2D eigenvalue weighted by molar-refractivity contribution is 7.89. The number of aromatic amines is 1. The number of likely N-dealkylation sites (tertiary alicyclic amines) is 1. The van der Waals surface area contributed by atoms with Crippen molar-refractivity contribution in [3.8, 4) is 0 Å². The fourth-order valence-corrected chi connectivity index (χ4v) is 6.81. The fraction of sp³-hybridized carbons (Fsp3) is 0.650. The molecule has 28 heavy (non-hydrogen) atoms. The molecule has 3 aliphatic heterocycles. The van der Waals surface area contributed by atoms with E-state index >= 15 is 0 Å². The van der Waals surface area contributed by atoms with E-state index < -0.39 is 10.0 Å². The van der Waals surface area contributed by atoms with Gasteiger partial charge in [-0.05, 0) is 36.5 Å². The van der Waals surface area contributed by atoms with Crippen molar-refractivity contribution >= 4 is 21.1 Å². The zero-order chi connectivity index (χ0) is 19.4. The second-order valence-electron chi connectivity index (χ2n) is 8.98. The summed E-state index contributed by atoms with van der Waals surface area (Å²) < 4.78 is 33.1. The monoisotopic (exact) mass is 404 g/mol. The second kappa shape index (κ2) is 6.79. The number of hydrogen-bond donors (Lipinski definition) is 1. The molecule has 5 heterocycles. The molecule has 0 aliphatic carbocycles. The van der Waals surface area contributed by atoms with Gasteiger partial charge in [0.2, 0.25) is 10.0 Å². The van der Waals surface area contributed by atoms with Crippen LogP contribution >= 0.6 is 0 Å². The Kier molecular flexibility index (Phi) is 4.50. The predicted octanol–water partition coefficient (Wildman–Crippen LogP) is 1.79. The lowest BCUT2D eigenvalue weighted by atomic mass is 9.87. The van der Waals surface area contributed by atoms with E-state index in [4.69, 9.17) is 4.74 Å². The van der Waals surface area contributed by atoms with Gasteiger partial charge in [0.05, 0.1) is 13.2 Å². The number of rotatable bonds is 5. The number of aromatic nitrogens is 2. The molecule has 1 N–H and O–H groups in total. The van der Waals surface area contributed by atoms with Gasteiger partial charge in [-0.15, -0.1) is 0 Å². The van der Waals surface area contributed by atoms with Gasteiger partial charge in [-0.25, -0.2) is 17.7 Å².